The Kier molecular flexibility index (Phi) is 4.74. The predicted molar refractivity (Wildman–Crippen MR) is 84.8 cm³/mol. The summed E-state index contributed by atoms with van der Waals surface area (Å²) in [7, 11) is -3.84. The molecule has 0 saturated carbocycles. The van der Waals surface area contributed by atoms with Crippen LogP contribution in [0.3, 0.4) is 0 Å². The third-order valence-corrected chi connectivity index (χ3v) is 4.84. The highest BCUT2D eigenvalue weighted by molar-refractivity contribution is 14.1. The van der Waals surface area contributed by atoms with E-state index in [9.17, 15) is 13.2 Å². The maximum atomic E-state index is 12.2. The number of sulfonamides is 1. The largest absolute Gasteiger partial charge is 0.480 e. The van der Waals surface area contributed by atoms with Gasteiger partial charge in [0.05, 0.1) is 11.9 Å². The first-order chi connectivity index (χ1) is 9.78. The second-order valence-corrected chi connectivity index (χ2v) is 7.28. The topological polar surface area (TPSA) is 101 Å². The summed E-state index contributed by atoms with van der Waals surface area (Å²) in [6.07, 6.45) is 2.24. The Labute approximate surface area is 139 Å². The van der Waals surface area contributed by atoms with Crippen LogP contribution in [0.2, 0.25) is 5.02 Å². The number of halogens is 2. The molecular weight excluding hydrogens is 433 g/mol. The monoisotopic (exact) mass is 441 g/mol. The van der Waals surface area contributed by atoms with Gasteiger partial charge in [-0.2, -0.15) is 5.10 Å². The van der Waals surface area contributed by atoms with Gasteiger partial charge in [-0.25, -0.2) is 8.42 Å². The number of aromatic nitrogens is 2. The van der Waals surface area contributed by atoms with Crippen LogP contribution in [0.1, 0.15) is 0 Å². The fourth-order valence-corrected chi connectivity index (χ4v) is 3.71. The molecule has 2 aromatic rings. The lowest BCUT2D eigenvalue weighted by molar-refractivity contribution is -0.137. The molecule has 0 atom stereocenters. The highest BCUT2D eigenvalue weighted by Gasteiger charge is 2.18. The van der Waals surface area contributed by atoms with Crippen LogP contribution < -0.4 is 4.72 Å². The van der Waals surface area contributed by atoms with E-state index in [2.05, 4.69) is 9.82 Å². The minimum absolute atomic E-state index is 0.116. The molecule has 2 N–H and O–H groups in total. The normalized spacial score (nSPS) is 11.3. The van der Waals surface area contributed by atoms with E-state index in [1.807, 2.05) is 22.6 Å². The Morgan fingerprint density at radius 2 is 2.19 bits per heavy atom. The first kappa shape index (κ1) is 16.0. The number of aliphatic carboxylic acids is 1. The van der Waals surface area contributed by atoms with Gasteiger partial charge in [-0.3, -0.25) is 14.2 Å². The number of hydrogen-bond acceptors (Lipinski definition) is 4. The van der Waals surface area contributed by atoms with Crippen LogP contribution in [0.5, 0.6) is 0 Å². The van der Waals surface area contributed by atoms with Gasteiger partial charge in [0.2, 0.25) is 0 Å². The SMILES string of the molecule is O=C(O)Cn1cc(S(=O)(=O)Nc2ccc(Cl)cc2I)cn1. The summed E-state index contributed by atoms with van der Waals surface area (Å²) in [6, 6.07) is 4.73. The van der Waals surface area contributed by atoms with Crippen molar-refractivity contribution in [2.75, 3.05) is 4.72 Å². The average molecular weight is 442 g/mol. The maximum absolute atomic E-state index is 12.2. The summed E-state index contributed by atoms with van der Waals surface area (Å²) in [5.74, 6) is -1.11. The van der Waals surface area contributed by atoms with E-state index < -0.39 is 22.5 Å². The van der Waals surface area contributed by atoms with Gasteiger partial charge in [-0.1, -0.05) is 11.6 Å². The molecule has 0 radical (unpaired) electrons. The van der Waals surface area contributed by atoms with E-state index in [1.54, 1.807) is 18.2 Å². The van der Waals surface area contributed by atoms with Crippen molar-refractivity contribution >= 4 is 55.9 Å². The van der Waals surface area contributed by atoms with Gasteiger partial charge in [0.25, 0.3) is 10.0 Å². The van der Waals surface area contributed by atoms with Gasteiger partial charge in [0.1, 0.15) is 11.4 Å². The van der Waals surface area contributed by atoms with E-state index in [4.69, 9.17) is 16.7 Å². The number of carbonyl (C=O) groups is 1. The fraction of sp³-hybridized carbons (Fsp3) is 0.0909. The van der Waals surface area contributed by atoms with Crippen molar-refractivity contribution in [1.82, 2.24) is 9.78 Å². The van der Waals surface area contributed by atoms with E-state index in [0.29, 0.717) is 14.3 Å². The van der Waals surface area contributed by atoms with Gasteiger partial charge >= 0.3 is 5.97 Å². The zero-order chi connectivity index (χ0) is 15.6. The van der Waals surface area contributed by atoms with Crippen molar-refractivity contribution < 1.29 is 18.3 Å². The van der Waals surface area contributed by atoms with Gasteiger partial charge in [-0.05, 0) is 40.8 Å². The smallest absolute Gasteiger partial charge is 0.325 e. The average Bonchev–Trinajstić information content (AvgIpc) is 2.81. The molecule has 10 heteroatoms. The van der Waals surface area contributed by atoms with E-state index in [0.717, 1.165) is 17.1 Å². The molecule has 0 bridgehead atoms. The van der Waals surface area contributed by atoms with E-state index in [-0.39, 0.29) is 4.90 Å². The van der Waals surface area contributed by atoms with Crippen molar-refractivity contribution in [3.63, 3.8) is 0 Å². The second-order valence-electron chi connectivity index (χ2n) is 4.00. The summed E-state index contributed by atoms with van der Waals surface area (Å²) < 4.78 is 28.5. The molecule has 21 heavy (non-hydrogen) atoms. The number of nitrogens with one attached hydrogen (secondary N) is 1. The fourth-order valence-electron chi connectivity index (χ4n) is 1.48. The lowest BCUT2D eigenvalue weighted by Crippen LogP contribution is -2.13. The maximum Gasteiger partial charge on any atom is 0.325 e. The first-order valence-electron chi connectivity index (χ1n) is 5.50. The number of benzene rings is 1. The van der Waals surface area contributed by atoms with Crippen molar-refractivity contribution in [3.05, 3.63) is 39.2 Å². The minimum Gasteiger partial charge on any atom is -0.480 e. The molecule has 2 rings (SSSR count). The van der Waals surface area contributed by atoms with Crippen molar-refractivity contribution in [2.45, 2.75) is 11.4 Å². The van der Waals surface area contributed by atoms with Crippen molar-refractivity contribution in [2.24, 2.45) is 0 Å². The minimum atomic E-state index is -3.84. The van der Waals surface area contributed by atoms with Gasteiger partial charge in [0.15, 0.2) is 0 Å². The van der Waals surface area contributed by atoms with E-state index in [1.165, 1.54) is 0 Å². The molecular formula is C11H9ClIN3O4S. The molecule has 0 spiro atoms. The van der Waals surface area contributed by atoms with Crippen molar-refractivity contribution in [3.8, 4) is 0 Å². The van der Waals surface area contributed by atoms with Crippen LogP contribution in [0.4, 0.5) is 5.69 Å². The molecule has 0 aliphatic rings. The molecule has 1 aromatic heterocycles. The predicted octanol–water partition coefficient (Wildman–Crippen LogP) is 2.03. The Hall–Kier alpha value is -1.33. The number of hydrogen-bond donors (Lipinski definition) is 2. The Bertz CT molecular complexity index is 791. The molecule has 0 unspecified atom stereocenters. The summed E-state index contributed by atoms with van der Waals surface area (Å²) in [6.45, 7) is -0.409. The number of carboxylic acids is 1. The van der Waals surface area contributed by atoms with Crippen LogP contribution >= 0.6 is 34.2 Å². The molecule has 112 valence electrons. The van der Waals surface area contributed by atoms with Crippen LogP contribution in [0, 0.1) is 3.57 Å². The zero-order valence-corrected chi connectivity index (χ0v) is 14.1. The number of rotatable bonds is 5. The van der Waals surface area contributed by atoms with Crippen LogP contribution in [-0.2, 0) is 21.4 Å². The lowest BCUT2D eigenvalue weighted by Gasteiger charge is -2.08. The van der Waals surface area contributed by atoms with Crippen molar-refractivity contribution in [1.29, 1.82) is 0 Å². The van der Waals surface area contributed by atoms with E-state index >= 15 is 0 Å². The molecule has 0 amide bonds. The zero-order valence-electron chi connectivity index (χ0n) is 10.3. The molecule has 1 aromatic carbocycles. The molecule has 7 nitrogen and oxygen atoms in total. The van der Waals surface area contributed by atoms with Crippen LogP contribution in [0.25, 0.3) is 0 Å². The standard InChI is InChI=1S/C11H9ClIN3O4S/c12-7-1-2-10(9(13)3-7)15-21(19,20)8-4-14-16(5-8)6-11(17)18/h1-5,15H,6H2,(H,17,18). The Morgan fingerprint density at radius 1 is 1.48 bits per heavy atom. The van der Waals surface area contributed by atoms with Gasteiger partial charge in [0, 0.05) is 14.8 Å². The van der Waals surface area contributed by atoms with Crippen LogP contribution in [0.15, 0.2) is 35.5 Å². The summed E-state index contributed by atoms with van der Waals surface area (Å²) in [5.41, 5.74) is 0.381. The third-order valence-electron chi connectivity index (χ3n) is 2.39. The summed E-state index contributed by atoms with van der Waals surface area (Å²) in [4.78, 5) is 10.4. The highest BCUT2D eigenvalue weighted by Crippen LogP contribution is 2.24. The van der Waals surface area contributed by atoms with Crippen LogP contribution in [-0.4, -0.2) is 29.3 Å². The molecule has 0 saturated heterocycles. The number of nitrogens with zero attached hydrogens (tertiary/aromatic N) is 2. The number of anilines is 1. The van der Waals surface area contributed by atoms with Gasteiger partial charge < -0.3 is 5.11 Å². The molecule has 0 fully saturated rings. The lowest BCUT2D eigenvalue weighted by atomic mass is 10.3. The van der Waals surface area contributed by atoms with Gasteiger partial charge in [-0.15, -0.1) is 0 Å². The Morgan fingerprint density at radius 3 is 2.81 bits per heavy atom. The summed E-state index contributed by atoms with van der Waals surface area (Å²) in [5, 5.41) is 12.8. The number of carboxylic acid groups (broad SMARTS) is 1. The quantitative estimate of drug-likeness (QED) is 0.692. The molecule has 0 aliphatic carbocycles. The Balaban J connectivity index is 2.25. The first-order valence-corrected chi connectivity index (χ1v) is 8.44. The highest BCUT2D eigenvalue weighted by atomic mass is 127. The second kappa shape index (κ2) is 6.20. The molecule has 1 heterocycles. The third kappa shape index (κ3) is 4.08. The molecule has 0 aliphatic heterocycles. The summed E-state index contributed by atoms with van der Waals surface area (Å²) >= 11 is 7.76.